The van der Waals surface area contributed by atoms with Gasteiger partial charge in [0.05, 0.1) is 31.2 Å². The summed E-state index contributed by atoms with van der Waals surface area (Å²) in [5.41, 5.74) is 7.14. The van der Waals surface area contributed by atoms with Crippen LogP contribution in [-0.4, -0.2) is 79.3 Å². The van der Waals surface area contributed by atoms with Crippen molar-refractivity contribution in [2.45, 2.75) is 32.0 Å². The first-order valence-corrected chi connectivity index (χ1v) is 10.4. The van der Waals surface area contributed by atoms with Gasteiger partial charge in [0.1, 0.15) is 16.9 Å². The van der Waals surface area contributed by atoms with E-state index in [2.05, 4.69) is 25.6 Å². The van der Waals surface area contributed by atoms with Crippen molar-refractivity contribution >= 4 is 29.1 Å². The topological polar surface area (TPSA) is 110 Å². The van der Waals surface area contributed by atoms with Crippen LogP contribution in [-0.2, 0) is 9.47 Å². The van der Waals surface area contributed by atoms with Gasteiger partial charge in [0.2, 0.25) is 11.8 Å². The van der Waals surface area contributed by atoms with Gasteiger partial charge in [0.15, 0.2) is 5.82 Å². The number of ether oxygens (including phenoxy) is 2. The number of likely N-dealkylation sites (tertiary alicyclic amines) is 1. The van der Waals surface area contributed by atoms with Gasteiger partial charge in [-0.2, -0.15) is 4.98 Å². The van der Waals surface area contributed by atoms with Crippen LogP contribution < -0.4 is 16.4 Å². The summed E-state index contributed by atoms with van der Waals surface area (Å²) in [5, 5.41) is 6.63. The van der Waals surface area contributed by atoms with E-state index in [0.29, 0.717) is 73.9 Å². The van der Waals surface area contributed by atoms with E-state index in [9.17, 15) is 4.39 Å². The molecule has 2 atom stereocenters. The zero-order valence-electron chi connectivity index (χ0n) is 17.3. The number of nitrogens with two attached hydrogens (primary N) is 1. The lowest BCUT2D eigenvalue weighted by Gasteiger charge is -2.33. The molecule has 0 radical (unpaired) electrons. The Morgan fingerprint density at radius 1 is 1.53 bits per heavy atom. The Balaban J connectivity index is 1.78. The summed E-state index contributed by atoms with van der Waals surface area (Å²) in [7, 11) is 1.64. The summed E-state index contributed by atoms with van der Waals surface area (Å²) in [4.78, 5) is 15.2. The number of piperidine rings is 1. The molecule has 2 unspecified atom stereocenters. The molecule has 9 nitrogen and oxygen atoms in total. The van der Waals surface area contributed by atoms with Crippen LogP contribution in [0.1, 0.15) is 19.8 Å². The highest BCUT2D eigenvalue weighted by Gasteiger charge is 2.29. The van der Waals surface area contributed by atoms with Crippen molar-refractivity contribution in [2.75, 3.05) is 57.1 Å². The minimum atomic E-state index is -1.07. The number of alkyl halides is 1. The molecule has 1 aromatic rings. The number of rotatable bonds is 5. The van der Waals surface area contributed by atoms with Gasteiger partial charge in [0.25, 0.3) is 0 Å². The fourth-order valence-electron chi connectivity index (χ4n) is 3.36. The minimum Gasteiger partial charge on any atom is -0.478 e. The largest absolute Gasteiger partial charge is 0.478 e. The molecule has 0 saturated carbocycles. The SMILES string of the molecule is COCCN1CCC(N=C(C)C2=C(N)OCCCNc3nc(ncc3Cl)N2)C(F)C1. The first-order valence-electron chi connectivity index (χ1n) is 10.0. The second-order valence-corrected chi connectivity index (χ2v) is 7.67. The fourth-order valence-corrected chi connectivity index (χ4v) is 3.52. The summed E-state index contributed by atoms with van der Waals surface area (Å²) in [6.07, 6.45) is 1.75. The highest BCUT2D eigenvalue weighted by atomic mass is 35.5. The summed E-state index contributed by atoms with van der Waals surface area (Å²) in [5.74, 6) is 0.994. The highest BCUT2D eigenvalue weighted by molar-refractivity contribution is 6.32. The molecule has 11 heteroatoms. The van der Waals surface area contributed by atoms with E-state index in [1.807, 2.05) is 4.90 Å². The lowest BCUT2D eigenvalue weighted by Crippen LogP contribution is -2.45. The van der Waals surface area contributed by atoms with Gasteiger partial charge in [0, 0.05) is 33.3 Å². The van der Waals surface area contributed by atoms with Crippen LogP contribution in [0.3, 0.4) is 0 Å². The second kappa shape index (κ2) is 10.7. The van der Waals surface area contributed by atoms with Crippen LogP contribution >= 0.6 is 11.6 Å². The van der Waals surface area contributed by atoms with Gasteiger partial charge in [-0.25, -0.2) is 9.37 Å². The summed E-state index contributed by atoms with van der Waals surface area (Å²) >= 11 is 6.15. The number of anilines is 2. The van der Waals surface area contributed by atoms with Gasteiger partial charge >= 0.3 is 0 Å². The van der Waals surface area contributed by atoms with Crippen molar-refractivity contribution in [3.05, 3.63) is 22.8 Å². The van der Waals surface area contributed by atoms with Crippen molar-refractivity contribution in [1.29, 1.82) is 0 Å². The zero-order valence-corrected chi connectivity index (χ0v) is 18.1. The third kappa shape index (κ3) is 5.93. The number of halogens is 2. The Kier molecular flexibility index (Phi) is 8.06. The lowest BCUT2D eigenvalue weighted by atomic mass is 10.0. The van der Waals surface area contributed by atoms with Crippen molar-refractivity contribution in [3.8, 4) is 0 Å². The molecule has 1 aromatic heterocycles. The van der Waals surface area contributed by atoms with Crippen molar-refractivity contribution in [3.63, 3.8) is 0 Å². The summed E-state index contributed by atoms with van der Waals surface area (Å²) in [6.45, 7) is 5.19. The van der Waals surface area contributed by atoms with Crippen LogP contribution in [0, 0.1) is 0 Å². The maximum atomic E-state index is 14.7. The van der Waals surface area contributed by atoms with E-state index in [0.717, 1.165) is 6.54 Å². The Hall–Kier alpha value is -2.17. The normalized spacial score (nSPS) is 23.8. The second-order valence-electron chi connectivity index (χ2n) is 7.26. The third-order valence-electron chi connectivity index (χ3n) is 5.02. The quantitative estimate of drug-likeness (QED) is 0.595. The average molecular weight is 442 g/mol. The maximum Gasteiger partial charge on any atom is 0.229 e. The summed E-state index contributed by atoms with van der Waals surface area (Å²) in [6, 6.07) is -0.451. The lowest BCUT2D eigenvalue weighted by molar-refractivity contribution is 0.0882. The Morgan fingerprint density at radius 2 is 2.37 bits per heavy atom. The molecule has 3 rings (SSSR count). The number of nitrogens with one attached hydrogen (secondary N) is 2. The smallest absolute Gasteiger partial charge is 0.229 e. The van der Waals surface area contributed by atoms with Crippen LogP contribution in [0.4, 0.5) is 16.2 Å². The number of fused-ring (bicyclic) bond motifs is 2. The van der Waals surface area contributed by atoms with Gasteiger partial charge in [-0.15, -0.1) is 0 Å². The van der Waals surface area contributed by atoms with Crippen LogP contribution in [0.15, 0.2) is 22.8 Å². The number of aliphatic imine (C=N–C) groups is 1. The molecule has 0 aromatic carbocycles. The van der Waals surface area contributed by atoms with E-state index in [1.165, 1.54) is 6.20 Å². The number of aromatic nitrogens is 2. The van der Waals surface area contributed by atoms with Crippen molar-refractivity contribution < 1.29 is 13.9 Å². The van der Waals surface area contributed by atoms with Crippen molar-refractivity contribution in [1.82, 2.24) is 14.9 Å². The van der Waals surface area contributed by atoms with Crippen LogP contribution in [0.2, 0.25) is 5.02 Å². The van der Waals surface area contributed by atoms with E-state index < -0.39 is 12.2 Å². The molecular formula is C19H29ClFN7O2. The highest BCUT2D eigenvalue weighted by Crippen LogP contribution is 2.22. The average Bonchev–Trinajstić information content (AvgIpc) is 2.75. The standard InChI is InChI=1S/C19H29ClFN7O2/c1-12(25-15-4-6-28(7-9-29-2)11-14(15)21)16-17(22)30-8-3-5-23-18-13(20)10-24-19(26-16)27-18/h10,14-15H,3-9,11,22H2,1-2H3,(H2,23,24,26,27). The number of hydrogen-bond donors (Lipinski definition) is 3. The van der Waals surface area contributed by atoms with E-state index in [4.69, 9.17) is 26.8 Å². The van der Waals surface area contributed by atoms with E-state index >= 15 is 0 Å². The van der Waals surface area contributed by atoms with Crippen molar-refractivity contribution in [2.24, 2.45) is 10.7 Å². The number of nitrogens with zero attached hydrogens (tertiary/aromatic N) is 4. The third-order valence-corrected chi connectivity index (χ3v) is 5.30. The van der Waals surface area contributed by atoms with Gasteiger partial charge in [-0.1, -0.05) is 11.6 Å². The molecule has 1 fully saturated rings. The minimum absolute atomic E-state index is 0.172. The predicted molar refractivity (Wildman–Crippen MR) is 116 cm³/mol. The molecule has 2 aliphatic rings. The Bertz CT molecular complexity index is 792. The molecule has 4 N–H and O–H groups in total. The molecule has 2 bridgehead atoms. The molecule has 3 heterocycles. The van der Waals surface area contributed by atoms with E-state index in [-0.39, 0.29) is 5.88 Å². The van der Waals surface area contributed by atoms with E-state index in [1.54, 1.807) is 14.0 Å². The monoisotopic (exact) mass is 441 g/mol. The Labute approximate surface area is 180 Å². The molecular weight excluding hydrogens is 413 g/mol. The number of methoxy groups -OCH3 is 1. The molecule has 0 aliphatic carbocycles. The molecule has 1 saturated heterocycles. The number of allylic oxidation sites excluding steroid dienone is 1. The molecule has 30 heavy (non-hydrogen) atoms. The molecule has 0 spiro atoms. The van der Waals surface area contributed by atoms with Gasteiger partial charge < -0.3 is 25.8 Å². The molecule has 0 amide bonds. The fraction of sp³-hybridized carbons (Fsp3) is 0.632. The van der Waals surface area contributed by atoms with Gasteiger partial charge in [-0.05, 0) is 19.8 Å². The zero-order chi connectivity index (χ0) is 21.5. The van der Waals surface area contributed by atoms with Crippen LogP contribution in [0.5, 0.6) is 0 Å². The Morgan fingerprint density at radius 3 is 3.13 bits per heavy atom. The first kappa shape index (κ1) is 22.5. The van der Waals surface area contributed by atoms with Crippen LogP contribution in [0.25, 0.3) is 0 Å². The predicted octanol–water partition coefficient (Wildman–Crippen LogP) is 2.02. The molecule has 2 aliphatic heterocycles. The summed E-state index contributed by atoms with van der Waals surface area (Å²) < 4.78 is 25.5. The maximum absolute atomic E-state index is 14.7. The first-order chi connectivity index (χ1) is 14.5. The van der Waals surface area contributed by atoms with Gasteiger partial charge in [-0.3, -0.25) is 9.89 Å². The molecule has 166 valence electrons. The number of hydrogen-bond acceptors (Lipinski definition) is 9.